The van der Waals surface area contributed by atoms with Gasteiger partial charge >= 0.3 is 17.8 Å². The summed E-state index contributed by atoms with van der Waals surface area (Å²) < 4.78 is 5.35. The molecule has 8 heteroatoms. The van der Waals surface area contributed by atoms with Gasteiger partial charge < -0.3 is 10.1 Å². The Labute approximate surface area is 200 Å². The molecule has 4 aromatic carbocycles. The first-order valence-electron chi connectivity index (χ1n) is 10.2. The first-order chi connectivity index (χ1) is 16.5. The topological polar surface area (TPSA) is 96.9 Å². The summed E-state index contributed by atoms with van der Waals surface area (Å²) in [4.78, 5) is 36.7. The van der Waals surface area contributed by atoms with Gasteiger partial charge in [-0.15, -0.1) is 0 Å². The van der Waals surface area contributed by atoms with Crippen LogP contribution in [0.4, 0.5) is 5.69 Å². The Bertz CT molecular complexity index is 1400. The number of fused-ring (bicyclic) bond motifs is 1. The molecular formula is C26H18ClN3O4. The van der Waals surface area contributed by atoms with Crippen LogP contribution in [0.1, 0.15) is 15.9 Å². The number of benzene rings is 4. The third-order valence-corrected chi connectivity index (χ3v) is 5.02. The van der Waals surface area contributed by atoms with E-state index < -0.39 is 17.8 Å². The molecule has 7 nitrogen and oxygen atoms in total. The Hall–Kier alpha value is -4.49. The van der Waals surface area contributed by atoms with Gasteiger partial charge in [-0.2, -0.15) is 5.10 Å². The smallest absolute Gasteiger partial charge is 0.343 e. The molecule has 0 aliphatic rings. The maximum absolute atomic E-state index is 12.3. The lowest BCUT2D eigenvalue weighted by atomic mass is 10.1. The zero-order chi connectivity index (χ0) is 23.9. The molecule has 0 aliphatic carbocycles. The van der Waals surface area contributed by atoms with Crippen molar-refractivity contribution >= 4 is 52.1 Å². The molecule has 0 aliphatic heterocycles. The number of esters is 1. The highest BCUT2D eigenvalue weighted by Crippen LogP contribution is 2.22. The van der Waals surface area contributed by atoms with Crippen molar-refractivity contribution in [1.82, 2.24) is 5.43 Å². The molecule has 4 aromatic rings. The first-order valence-corrected chi connectivity index (χ1v) is 10.6. The Balaban J connectivity index is 1.35. The highest BCUT2D eigenvalue weighted by molar-refractivity contribution is 6.40. The minimum absolute atomic E-state index is 0.295. The summed E-state index contributed by atoms with van der Waals surface area (Å²) in [5.74, 6) is -2.01. The second-order valence-electron chi connectivity index (χ2n) is 7.15. The van der Waals surface area contributed by atoms with Crippen LogP contribution in [0.25, 0.3) is 10.8 Å². The van der Waals surface area contributed by atoms with E-state index in [-0.39, 0.29) is 0 Å². The molecule has 2 N–H and O–H groups in total. The Kier molecular flexibility index (Phi) is 6.95. The average Bonchev–Trinajstić information content (AvgIpc) is 2.85. The summed E-state index contributed by atoms with van der Waals surface area (Å²) in [6, 6.07) is 25.8. The van der Waals surface area contributed by atoms with Gasteiger partial charge in [-0.3, -0.25) is 9.59 Å². The number of carbonyl (C=O) groups excluding carboxylic acids is 3. The number of hydrogen-bond acceptors (Lipinski definition) is 5. The third kappa shape index (κ3) is 5.65. The van der Waals surface area contributed by atoms with E-state index in [1.807, 2.05) is 30.3 Å². The highest BCUT2D eigenvalue weighted by Gasteiger charge is 2.14. The van der Waals surface area contributed by atoms with Crippen molar-refractivity contribution in [2.45, 2.75) is 0 Å². The second kappa shape index (κ2) is 10.4. The van der Waals surface area contributed by atoms with Crippen molar-refractivity contribution < 1.29 is 19.1 Å². The molecule has 168 valence electrons. The van der Waals surface area contributed by atoms with Crippen LogP contribution in [0, 0.1) is 0 Å². The van der Waals surface area contributed by atoms with E-state index in [0.717, 1.165) is 10.8 Å². The van der Waals surface area contributed by atoms with Crippen molar-refractivity contribution in [3.05, 3.63) is 107 Å². The fourth-order valence-electron chi connectivity index (χ4n) is 3.14. The number of carbonyl (C=O) groups is 3. The molecule has 0 saturated carbocycles. The molecule has 2 amide bonds. The van der Waals surface area contributed by atoms with Crippen LogP contribution in [-0.4, -0.2) is 24.0 Å². The molecule has 0 atom stereocenters. The normalized spacial score (nSPS) is 10.7. The number of anilines is 1. The number of halogens is 1. The average molecular weight is 472 g/mol. The minimum atomic E-state index is -0.922. The summed E-state index contributed by atoms with van der Waals surface area (Å²) >= 11 is 5.83. The maximum Gasteiger partial charge on any atom is 0.343 e. The van der Waals surface area contributed by atoms with Crippen molar-refractivity contribution in [3.8, 4) is 5.75 Å². The maximum atomic E-state index is 12.3. The van der Waals surface area contributed by atoms with Gasteiger partial charge in [0.25, 0.3) is 0 Å². The lowest BCUT2D eigenvalue weighted by molar-refractivity contribution is -0.136. The lowest BCUT2D eigenvalue weighted by Crippen LogP contribution is -2.32. The number of nitrogens with zero attached hydrogens (tertiary/aromatic N) is 1. The number of hydrogen-bond donors (Lipinski definition) is 2. The number of rotatable bonds is 5. The van der Waals surface area contributed by atoms with Gasteiger partial charge in [-0.05, 0) is 53.4 Å². The van der Waals surface area contributed by atoms with Crippen LogP contribution in [0.15, 0.2) is 96.1 Å². The van der Waals surface area contributed by atoms with Crippen LogP contribution in [-0.2, 0) is 9.59 Å². The molecule has 0 fully saturated rings. The zero-order valence-corrected chi connectivity index (χ0v) is 18.5. The van der Waals surface area contributed by atoms with Crippen molar-refractivity contribution in [2.24, 2.45) is 5.10 Å². The van der Waals surface area contributed by atoms with Crippen LogP contribution in [0.2, 0.25) is 5.02 Å². The fourth-order valence-corrected chi connectivity index (χ4v) is 3.27. The molecule has 4 rings (SSSR count). The Morgan fingerprint density at radius 3 is 2.38 bits per heavy atom. The minimum Gasteiger partial charge on any atom is -0.423 e. The Morgan fingerprint density at radius 1 is 0.824 bits per heavy atom. The van der Waals surface area contributed by atoms with E-state index >= 15 is 0 Å². The van der Waals surface area contributed by atoms with Crippen molar-refractivity contribution in [2.75, 3.05) is 5.32 Å². The van der Waals surface area contributed by atoms with Gasteiger partial charge in [-0.25, -0.2) is 10.2 Å². The van der Waals surface area contributed by atoms with E-state index in [4.69, 9.17) is 16.3 Å². The molecule has 0 heterocycles. The predicted octanol–water partition coefficient (Wildman–Crippen LogP) is 4.80. The zero-order valence-electron chi connectivity index (χ0n) is 17.7. The number of hydrazone groups is 1. The summed E-state index contributed by atoms with van der Waals surface area (Å²) in [6.07, 6.45) is 1.34. The van der Waals surface area contributed by atoms with Crippen LogP contribution >= 0.6 is 11.6 Å². The van der Waals surface area contributed by atoms with Gasteiger partial charge in [0.1, 0.15) is 5.75 Å². The summed E-state index contributed by atoms with van der Waals surface area (Å²) in [7, 11) is 0. The third-order valence-electron chi connectivity index (χ3n) is 4.77. The fraction of sp³-hybridized carbons (Fsp3) is 0. The van der Waals surface area contributed by atoms with Gasteiger partial charge in [0.2, 0.25) is 0 Å². The van der Waals surface area contributed by atoms with Crippen LogP contribution < -0.4 is 15.5 Å². The number of ether oxygens (including phenoxy) is 1. The molecule has 0 aromatic heterocycles. The summed E-state index contributed by atoms with van der Waals surface area (Å²) in [5, 5.41) is 8.68. The monoisotopic (exact) mass is 471 g/mol. The first kappa shape index (κ1) is 22.7. The van der Waals surface area contributed by atoms with Crippen LogP contribution in [0.3, 0.4) is 0 Å². The van der Waals surface area contributed by atoms with E-state index in [1.165, 1.54) is 6.21 Å². The van der Waals surface area contributed by atoms with Gasteiger partial charge in [0.05, 0.1) is 11.8 Å². The molecule has 0 unspecified atom stereocenters. The summed E-state index contributed by atoms with van der Waals surface area (Å²) in [6.45, 7) is 0. The largest absolute Gasteiger partial charge is 0.423 e. The number of nitrogens with one attached hydrogen (secondary N) is 2. The van der Waals surface area contributed by atoms with E-state index in [9.17, 15) is 14.4 Å². The SMILES string of the molecule is O=C(N/N=C\c1cccc(OC(=O)c2ccc(Cl)cc2)c1)C(=O)Nc1cccc2ccccc12. The van der Waals surface area contributed by atoms with E-state index in [2.05, 4.69) is 15.8 Å². The van der Waals surface area contributed by atoms with Crippen molar-refractivity contribution in [3.63, 3.8) is 0 Å². The predicted molar refractivity (Wildman–Crippen MR) is 131 cm³/mol. The molecule has 34 heavy (non-hydrogen) atoms. The van der Waals surface area contributed by atoms with Crippen molar-refractivity contribution in [1.29, 1.82) is 0 Å². The van der Waals surface area contributed by atoms with E-state index in [1.54, 1.807) is 60.7 Å². The molecule has 0 radical (unpaired) electrons. The molecule has 0 bridgehead atoms. The van der Waals surface area contributed by atoms with E-state index in [0.29, 0.717) is 27.6 Å². The quantitative estimate of drug-likeness (QED) is 0.144. The second-order valence-corrected chi connectivity index (χ2v) is 7.59. The van der Waals surface area contributed by atoms with Crippen LogP contribution in [0.5, 0.6) is 5.75 Å². The van der Waals surface area contributed by atoms with Gasteiger partial charge in [-0.1, -0.05) is 60.1 Å². The lowest BCUT2D eigenvalue weighted by Gasteiger charge is -2.07. The number of amides is 2. The standard InChI is InChI=1S/C26H18ClN3O4/c27-20-13-11-19(12-14-20)26(33)34-21-8-3-5-17(15-21)16-28-30-25(32)24(31)29-23-10-4-7-18-6-1-2-9-22(18)23/h1-16H,(H,29,31)(H,30,32)/b28-16-. The Morgan fingerprint density at radius 2 is 1.56 bits per heavy atom. The van der Waals surface area contributed by atoms with Gasteiger partial charge in [0, 0.05) is 16.1 Å². The highest BCUT2D eigenvalue weighted by atomic mass is 35.5. The van der Waals surface area contributed by atoms with Gasteiger partial charge in [0.15, 0.2) is 0 Å². The molecular weight excluding hydrogens is 454 g/mol. The summed E-state index contributed by atoms with van der Waals surface area (Å²) in [5.41, 5.74) is 3.62. The molecule has 0 spiro atoms. The molecule has 0 saturated heterocycles.